The Bertz CT molecular complexity index is 841. The van der Waals surface area contributed by atoms with Crippen LogP contribution in [0.25, 0.3) is 0 Å². The number of methoxy groups -OCH3 is 1. The molecule has 0 saturated carbocycles. The third kappa shape index (κ3) is 3.54. The van der Waals surface area contributed by atoms with Gasteiger partial charge in [0.2, 0.25) is 15.9 Å². The highest BCUT2D eigenvalue weighted by molar-refractivity contribution is 7.89. The molecule has 1 aromatic rings. The molecule has 154 valence electrons. The van der Waals surface area contributed by atoms with E-state index in [1.165, 1.54) is 0 Å². The number of benzene rings is 1. The Kier molecular flexibility index (Phi) is 5.40. The van der Waals surface area contributed by atoms with Gasteiger partial charge in [-0.25, -0.2) is 12.7 Å². The Hall–Kier alpha value is -1.60. The van der Waals surface area contributed by atoms with Gasteiger partial charge in [-0.1, -0.05) is 12.1 Å². The zero-order chi connectivity index (χ0) is 19.9. The summed E-state index contributed by atoms with van der Waals surface area (Å²) in [5.41, 5.74) is 1.13. The summed E-state index contributed by atoms with van der Waals surface area (Å²) in [6.45, 7) is 2.80. The molecule has 6 nitrogen and oxygen atoms in total. The topological polar surface area (TPSA) is 66.9 Å². The van der Waals surface area contributed by atoms with Crippen LogP contribution in [0.4, 0.5) is 0 Å². The highest BCUT2D eigenvalue weighted by Crippen LogP contribution is 2.43. The monoisotopic (exact) mass is 406 g/mol. The van der Waals surface area contributed by atoms with E-state index >= 15 is 0 Å². The predicted molar refractivity (Wildman–Crippen MR) is 108 cm³/mol. The number of nitrogens with zero attached hydrogens (tertiary/aromatic N) is 2. The SMILES string of the molecule is CCS(=O)(=O)N1C[C@H]2C[C@@H](C1)[C@H](Cc1cccc(OC)c1)N1C(=O)CCC[C@@H]21. The Balaban J connectivity index is 1.66. The zero-order valence-electron chi connectivity index (χ0n) is 16.7. The number of amides is 1. The lowest BCUT2D eigenvalue weighted by molar-refractivity contribution is -0.150. The van der Waals surface area contributed by atoms with Crippen molar-refractivity contribution in [2.75, 3.05) is 26.0 Å². The molecular formula is C21H30N2O4S. The smallest absolute Gasteiger partial charge is 0.223 e. The van der Waals surface area contributed by atoms with Crippen LogP contribution in [-0.2, 0) is 21.2 Å². The first-order chi connectivity index (χ1) is 13.4. The number of ether oxygens (including phenoxy) is 1. The molecule has 0 radical (unpaired) electrons. The highest BCUT2D eigenvalue weighted by Gasteiger charge is 2.50. The van der Waals surface area contributed by atoms with Crippen molar-refractivity contribution in [3.63, 3.8) is 0 Å². The standard InChI is InChI=1S/C21H30N2O4S/c1-3-28(25,26)22-13-16-12-17(14-22)20(23-19(16)8-5-9-21(23)24)11-15-6-4-7-18(10-15)27-2/h4,6-7,10,16-17,19-20H,3,5,8-9,11-14H2,1-2H3/t16-,17+,19+,20+/m1/s1. The molecule has 4 atom stereocenters. The van der Waals surface area contributed by atoms with Crippen molar-refractivity contribution in [2.24, 2.45) is 11.8 Å². The van der Waals surface area contributed by atoms with Gasteiger partial charge in [-0.2, -0.15) is 0 Å². The van der Waals surface area contributed by atoms with E-state index in [-0.39, 0.29) is 35.6 Å². The van der Waals surface area contributed by atoms with E-state index in [0.717, 1.165) is 37.0 Å². The maximum atomic E-state index is 12.9. The average Bonchev–Trinajstić information content (AvgIpc) is 2.71. The first-order valence-electron chi connectivity index (χ1n) is 10.3. The fourth-order valence-electron chi connectivity index (χ4n) is 5.45. The van der Waals surface area contributed by atoms with Crippen molar-refractivity contribution in [1.82, 2.24) is 9.21 Å². The normalized spacial score (nSPS) is 30.8. The maximum absolute atomic E-state index is 12.9. The van der Waals surface area contributed by atoms with Gasteiger partial charge in [-0.15, -0.1) is 0 Å². The van der Waals surface area contributed by atoms with Gasteiger partial charge < -0.3 is 9.64 Å². The van der Waals surface area contributed by atoms with Gasteiger partial charge in [0.1, 0.15) is 5.75 Å². The second kappa shape index (κ2) is 7.67. The molecule has 0 aromatic heterocycles. The average molecular weight is 407 g/mol. The minimum Gasteiger partial charge on any atom is -0.497 e. The number of hydrogen-bond acceptors (Lipinski definition) is 4. The maximum Gasteiger partial charge on any atom is 0.223 e. The largest absolute Gasteiger partial charge is 0.497 e. The third-order valence-electron chi connectivity index (χ3n) is 6.80. The minimum atomic E-state index is -3.21. The minimum absolute atomic E-state index is 0.0519. The second-order valence-corrected chi connectivity index (χ2v) is 10.6. The lowest BCUT2D eigenvalue weighted by Crippen LogP contribution is -2.66. The van der Waals surface area contributed by atoms with Crippen LogP contribution in [0.3, 0.4) is 0 Å². The molecule has 28 heavy (non-hydrogen) atoms. The summed E-state index contributed by atoms with van der Waals surface area (Å²) < 4.78 is 32.2. The molecule has 3 fully saturated rings. The van der Waals surface area contributed by atoms with Gasteiger partial charge >= 0.3 is 0 Å². The summed E-state index contributed by atoms with van der Waals surface area (Å²) in [4.78, 5) is 15.0. The van der Waals surface area contributed by atoms with E-state index < -0.39 is 10.0 Å². The fraction of sp³-hybridized carbons (Fsp3) is 0.667. The van der Waals surface area contributed by atoms with Crippen molar-refractivity contribution in [1.29, 1.82) is 0 Å². The summed E-state index contributed by atoms with van der Waals surface area (Å²) in [5.74, 6) is 1.63. The van der Waals surface area contributed by atoms with Crippen molar-refractivity contribution in [3.8, 4) is 5.75 Å². The fourth-order valence-corrected chi connectivity index (χ4v) is 6.65. The Morgan fingerprint density at radius 1 is 1.21 bits per heavy atom. The molecule has 4 rings (SSSR count). The van der Waals surface area contributed by atoms with Crippen LogP contribution < -0.4 is 4.74 Å². The number of fused-ring (bicyclic) bond motifs is 4. The van der Waals surface area contributed by atoms with Gasteiger partial charge in [0.05, 0.1) is 12.9 Å². The van der Waals surface area contributed by atoms with Crippen molar-refractivity contribution in [3.05, 3.63) is 29.8 Å². The molecule has 3 heterocycles. The molecule has 0 N–H and O–H groups in total. The highest BCUT2D eigenvalue weighted by atomic mass is 32.2. The van der Waals surface area contributed by atoms with Crippen molar-refractivity contribution >= 4 is 15.9 Å². The molecule has 3 aliphatic heterocycles. The number of hydrogen-bond donors (Lipinski definition) is 0. The molecule has 1 aromatic carbocycles. The number of sulfonamides is 1. The molecular weight excluding hydrogens is 376 g/mol. The Labute approximate surface area is 167 Å². The molecule has 2 bridgehead atoms. The first kappa shape index (κ1) is 19.7. The van der Waals surface area contributed by atoms with Crippen LogP contribution >= 0.6 is 0 Å². The summed E-state index contributed by atoms with van der Waals surface area (Å²) in [6.07, 6.45) is 4.27. The molecule has 0 spiro atoms. The van der Waals surface area contributed by atoms with Crippen LogP contribution in [0.5, 0.6) is 5.75 Å². The summed E-state index contributed by atoms with van der Waals surface area (Å²) in [7, 11) is -1.56. The summed E-state index contributed by atoms with van der Waals surface area (Å²) in [6, 6.07) is 8.22. The quantitative estimate of drug-likeness (QED) is 0.753. The number of rotatable bonds is 5. The molecule has 1 amide bonds. The lowest BCUT2D eigenvalue weighted by Gasteiger charge is -2.56. The molecule has 3 saturated heterocycles. The van der Waals surface area contributed by atoms with Gasteiger partial charge in [0, 0.05) is 31.6 Å². The van der Waals surface area contributed by atoms with Gasteiger partial charge in [-0.05, 0) is 62.1 Å². The van der Waals surface area contributed by atoms with Crippen LogP contribution in [0, 0.1) is 11.8 Å². The van der Waals surface area contributed by atoms with Crippen LogP contribution in [0.1, 0.15) is 38.2 Å². The predicted octanol–water partition coefficient (Wildman–Crippen LogP) is 2.29. The van der Waals surface area contributed by atoms with Crippen LogP contribution in [0.2, 0.25) is 0 Å². The molecule has 0 unspecified atom stereocenters. The third-order valence-corrected chi connectivity index (χ3v) is 8.61. The van der Waals surface area contributed by atoms with Crippen molar-refractivity contribution < 1.29 is 17.9 Å². The summed E-state index contributed by atoms with van der Waals surface area (Å²) in [5, 5.41) is 0. The van der Waals surface area contributed by atoms with E-state index in [1.807, 2.05) is 18.2 Å². The molecule has 0 aliphatic carbocycles. The first-order valence-corrected chi connectivity index (χ1v) is 12.0. The Morgan fingerprint density at radius 2 is 2.00 bits per heavy atom. The van der Waals surface area contributed by atoms with Gasteiger partial charge in [-0.3, -0.25) is 4.79 Å². The van der Waals surface area contributed by atoms with Crippen LogP contribution in [0.15, 0.2) is 24.3 Å². The van der Waals surface area contributed by atoms with E-state index in [0.29, 0.717) is 19.5 Å². The lowest BCUT2D eigenvalue weighted by atomic mass is 9.71. The van der Waals surface area contributed by atoms with Gasteiger partial charge in [0.15, 0.2) is 0 Å². The summed E-state index contributed by atoms with van der Waals surface area (Å²) >= 11 is 0. The van der Waals surface area contributed by atoms with Gasteiger partial charge in [0.25, 0.3) is 0 Å². The zero-order valence-corrected chi connectivity index (χ0v) is 17.5. The number of carbonyl (C=O) groups is 1. The molecule has 7 heteroatoms. The van der Waals surface area contributed by atoms with E-state index in [1.54, 1.807) is 18.3 Å². The van der Waals surface area contributed by atoms with Crippen LogP contribution in [-0.4, -0.2) is 61.6 Å². The number of carbonyl (C=O) groups excluding carboxylic acids is 1. The second-order valence-electron chi connectivity index (χ2n) is 8.36. The van der Waals surface area contributed by atoms with E-state index in [2.05, 4.69) is 11.0 Å². The Morgan fingerprint density at radius 3 is 2.75 bits per heavy atom. The van der Waals surface area contributed by atoms with Crippen molar-refractivity contribution in [2.45, 2.75) is 51.1 Å². The van der Waals surface area contributed by atoms with E-state index in [4.69, 9.17) is 4.74 Å². The number of piperidine rings is 3. The van der Waals surface area contributed by atoms with E-state index in [9.17, 15) is 13.2 Å². The molecule has 3 aliphatic rings.